The average molecular weight is 271 g/mol. The van der Waals surface area contributed by atoms with Crippen molar-refractivity contribution in [3.63, 3.8) is 0 Å². The number of rotatable bonds is 2. The van der Waals surface area contributed by atoms with E-state index in [1.165, 1.54) is 6.42 Å². The molecule has 2 heterocycles. The fourth-order valence-corrected chi connectivity index (χ4v) is 2.87. The number of aryl methyl sites for hydroxylation is 1. The van der Waals surface area contributed by atoms with E-state index in [9.17, 15) is 0 Å². The number of anilines is 1. The lowest BCUT2D eigenvalue weighted by atomic mass is 10.0. The van der Waals surface area contributed by atoms with Crippen LogP contribution in [0, 0.1) is 5.92 Å². The van der Waals surface area contributed by atoms with E-state index in [0.717, 1.165) is 28.3 Å². The first kappa shape index (κ1) is 11.6. The van der Waals surface area contributed by atoms with E-state index in [2.05, 4.69) is 12.0 Å². The lowest BCUT2D eigenvalue weighted by Gasteiger charge is -2.05. The molecule has 1 aliphatic heterocycles. The molecule has 20 heavy (non-hydrogen) atoms. The molecule has 2 atom stereocenters. The Kier molecular flexibility index (Phi) is 2.28. The average Bonchev–Trinajstić information content (AvgIpc) is 2.85. The van der Waals surface area contributed by atoms with Crippen LogP contribution in [0.1, 0.15) is 25.0 Å². The van der Waals surface area contributed by atoms with Crippen molar-refractivity contribution in [3.8, 4) is 22.6 Å². The van der Waals surface area contributed by atoms with Crippen molar-refractivity contribution in [1.82, 2.24) is 9.78 Å². The second kappa shape index (κ2) is 3.91. The Morgan fingerprint density at radius 3 is 2.80 bits per heavy atom. The van der Waals surface area contributed by atoms with Crippen LogP contribution in [0.15, 0.2) is 18.2 Å². The zero-order valence-electron chi connectivity index (χ0n) is 11.6. The Morgan fingerprint density at radius 2 is 2.05 bits per heavy atom. The minimum absolute atomic E-state index is 0.286. The predicted molar refractivity (Wildman–Crippen MR) is 75.7 cm³/mol. The van der Waals surface area contributed by atoms with Gasteiger partial charge in [-0.15, -0.1) is 0 Å². The Hall–Kier alpha value is -2.17. The van der Waals surface area contributed by atoms with Gasteiger partial charge in [0.15, 0.2) is 11.5 Å². The van der Waals surface area contributed by atoms with Crippen LogP contribution < -0.4 is 15.2 Å². The monoisotopic (exact) mass is 271 g/mol. The summed E-state index contributed by atoms with van der Waals surface area (Å²) in [5, 5.41) is 4.61. The first-order valence-corrected chi connectivity index (χ1v) is 6.87. The molecule has 0 bridgehead atoms. The minimum Gasteiger partial charge on any atom is -0.454 e. The first-order valence-electron chi connectivity index (χ1n) is 6.87. The number of benzene rings is 1. The molecule has 1 fully saturated rings. The van der Waals surface area contributed by atoms with Crippen molar-refractivity contribution in [3.05, 3.63) is 23.9 Å². The third kappa shape index (κ3) is 1.59. The van der Waals surface area contributed by atoms with Gasteiger partial charge in [-0.2, -0.15) is 5.10 Å². The van der Waals surface area contributed by atoms with Gasteiger partial charge in [0.2, 0.25) is 6.79 Å². The summed E-state index contributed by atoms with van der Waals surface area (Å²) in [4.78, 5) is 0. The van der Waals surface area contributed by atoms with Gasteiger partial charge in [-0.25, -0.2) is 0 Å². The molecule has 5 nitrogen and oxygen atoms in total. The van der Waals surface area contributed by atoms with Gasteiger partial charge in [0.05, 0.1) is 5.69 Å². The Balaban J connectivity index is 1.85. The maximum atomic E-state index is 6.22. The number of hydrogen-bond donors (Lipinski definition) is 1. The van der Waals surface area contributed by atoms with E-state index in [4.69, 9.17) is 15.2 Å². The molecule has 0 radical (unpaired) electrons. The van der Waals surface area contributed by atoms with Gasteiger partial charge in [0, 0.05) is 18.5 Å². The van der Waals surface area contributed by atoms with Crippen molar-refractivity contribution >= 4 is 5.82 Å². The molecular weight excluding hydrogens is 254 g/mol. The highest BCUT2D eigenvalue weighted by molar-refractivity contribution is 5.79. The fraction of sp³-hybridized carbons (Fsp3) is 0.400. The van der Waals surface area contributed by atoms with Gasteiger partial charge in [0.25, 0.3) is 0 Å². The molecule has 1 aliphatic carbocycles. The van der Waals surface area contributed by atoms with Crippen molar-refractivity contribution in [2.45, 2.75) is 19.3 Å². The third-order valence-electron chi connectivity index (χ3n) is 4.24. The summed E-state index contributed by atoms with van der Waals surface area (Å²) in [6, 6.07) is 5.95. The van der Waals surface area contributed by atoms with E-state index in [1.54, 1.807) is 4.68 Å². The SMILES string of the molecule is C[C@H]1C[C@H]1c1nn(C)c(N)c1-c1ccc2c(c1)OCO2. The van der Waals surface area contributed by atoms with Gasteiger partial charge < -0.3 is 15.2 Å². The van der Waals surface area contributed by atoms with Crippen LogP contribution in [0.2, 0.25) is 0 Å². The maximum Gasteiger partial charge on any atom is 0.231 e. The Labute approximate surface area is 117 Å². The molecule has 0 spiro atoms. The second-order valence-corrected chi connectivity index (χ2v) is 5.66. The maximum absolute atomic E-state index is 6.22. The zero-order valence-corrected chi connectivity index (χ0v) is 11.6. The summed E-state index contributed by atoms with van der Waals surface area (Å²) in [5.41, 5.74) is 9.42. The molecule has 1 saturated carbocycles. The number of hydrogen-bond acceptors (Lipinski definition) is 4. The molecule has 104 valence electrons. The van der Waals surface area contributed by atoms with Crippen LogP contribution in [-0.2, 0) is 7.05 Å². The van der Waals surface area contributed by atoms with Crippen LogP contribution in [0.3, 0.4) is 0 Å². The van der Waals surface area contributed by atoms with E-state index < -0.39 is 0 Å². The normalized spacial score (nSPS) is 23.1. The molecule has 2 aliphatic rings. The molecule has 4 rings (SSSR count). The van der Waals surface area contributed by atoms with Crippen LogP contribution in [-0.4, -0.2) is 16.6 Å². The lowest BCUT2D eigenvalue weighted by Crippen LogP contribution is -1.98. The van der Waals surface area contributed by atoms with Crippen LogP contribution >= 0.6 is 0 Å². The van der Waals surface area contributed by atoms with E-state index in [-0.39, 0.29) is 6.79 Å². The van der Waals surface area contributed by atoms with Gasteiger partial charge >= 0.3 is 0 Å². The van der Waals surface area contributed by atoms with Crippen LogP contribution in [0.5, 0.6) is 11.5 Å². The summed E-state index contributed by atoms with van der Waals surface area (Å²) in [7, 11) is 1.89. The standard InChI is InChI=1S/C15H17N3O2/c1-8-5-10(8)14-13(15(16)18(2)17-14)9-3-4-11-12(6-9)20-7-19-11/h3-4,6,8,10H,5,7,16H2,1-2H3/t8-,10+/m0/s1. The number of nitrogen functional groups attached to an aromatic ring is 1. The molecule has 2 N–H and O–H groups in total. The molecule has 0 unspecified atom stereocenters. The van der Waals surface area contributed by atoms with Crippen LogP contribution in [0.25, 0.3) is 11.1 Å². The van der Waals surface area contributed by atoms with Crippen molar-refractivity contribution in [1.29, 1.82) is 0 Å². The molecule has 0 amide bonds. The Morgan fingerprint density at radius 1 is 1.30 bits per heavy atom. The molecule has 5 heteroatoms. The van der Waals surface area contributed by atoms with Gasteiger partial charge in [-0.05, 0) is 30.0 Å². The van der Waals surface area contributed by atoms with Crippen molar-refractivity contribution in [2.24, 2.45) is 13.0 Å². The summed E-state index contributed by atoms with van der Waals surface area (Å²) in [6.45, 7) is 2.53. The van der Waals surface area contributed by atoms with Gasteiger partial charge in [0.1, 0.15) is 5.82 Å². The number of fused-ring (bicyclic) bond motifs is 1. The molecule has 0 saturated heterocycles. The topological polar surface area (TPSA) is 62.3 Å². The number of nitrogens with zero attached hydrogens (tertiary/aromatic N) is 2. The summed E-state index contributed by atoms with van der Waals surface area (Å²) in [6.07, 6.45) is 1.19. The van der Waals surface area contributed by atoms with Gasteiger partial charge in [-0.3, -0.25) is 4.68 Å². The quantitative estimate of drug-likeness (QED) is 0.911. The zero-order chi connectivity index (χ0) is 13.9. The highest BCUT2D eigenvalue weighted by Gasteiger charge is 2.39. The van der Waals surface area contributed by atoms with Crippen LogP contribution in [0.4, 0.5) is 5.82 Å². The minimum atomic E-state index is 0.286. The lowest BCUT2D eigenvalue weighted by molar-refractivity contribution is 0.174. The van der Waals surface area contributed by atoms with Crippen molar-refractivity contribution < 1.29 is 9.47 Å². The number of ether oxygens (including phenoxy) is 2. The summed E-state index contributed by atoms with van der Waals surface area (Å²) >= 11 is 0. The summed E-state index contributed by atoms with van der Waals surface area (Å²) in [5.74, 6) is 3.49. The predicted octanol–water partition coefficient (Wildman–Crippen LogP) is 2.52. The first-order chi connectivity index (χ1) is 9.65. The molecule has 1 aromatic carbocycles. The number of aromatic nitrogens is 2. The molecule has 2 aromatic rings. The van der Waals surface area contributed by atoms with E-state index in [0.29, 0.717) is 17.7 Å². The van der Waals surface area contributed by atoms with Crippen molar-refractivity contribution in [2.75, 3.05) is 12.5 Å². The smallest absolute Gasteiger partial charge is 0.231 e. The highest BCUT2D eigenvalue weighted by atomic mass is 16.7. The summed E-state index contributed by atoms with van der Waals surface area (Å²) < 4.78 is 12.6. The highest BCUT2D eigenvalue weighted by Crippen LogP contribution is 2.51. The fourth-order valence-electron chi connectivity index (χ4n) is 2.87. The largest absolute Gasteiger partial charge is 0.454 e. The van der Waals surface area contributed by atoms with Gasteiger partial charge in [-0.1, -0.05) is 13.0 Å². The van der Waals surface area contributed by atoms with E-state index in [1.807, 2.05) is 25.2 Å². The molecule has 1 aromatic heterocycles. The van der Waals surface area contributed by atoms with E-state index >= 15 is 0 Å². The second-order valence-electron chi connectivity index (χ2n) is 5.66. The molecular formula is C15H17N3O2. The third-order valence-corrected chi connectivity index (χ3v) is 4.24. The number of nitrogens with two attached hydrogens (primary N) is 1. The Bertz CT molecular complexity index is 693.